The molecule has 0 saturated heterocycles. The molecule has 4 heteroatoms. The fourth-order valence-corrected chi connectivity index (χ4v) is 3.14. The zero-order chi connectivity index (χ0) is 14.5. The van der Waals surface area contributed by atoms with Crippen LogP contribution in [-0.4, -0.2) is 26.4 Å². The van der Waals surface area contributed by atoms with E-state index in [2.05, 4.69) is 46.4 Å². The lowest BCUT2D eigenvalue weighted by atomic mass is 9.95. The van der Waals surface area contributed by atoms with Crippen molar-refractivity contribution in [2.75, 3.05) is 14.2 Å². The van der Waals surface area contributed by atoms with Crippen molar-refractivity contribution in [2.45, 2.75) is 50.9 Å². The van der Waals surface area contributed by atoms with Crippen LogP contribution in [0.15, 0.2) is 22.7 Å². The van der Waals surface area contributed by atoms with Crippen molar-refractivity contribution in [1.29, 1.82) is 0 Å². The molecule has 1 fully saturated rings. The highest BCUT2D eigenvalue weighted by Crippen LogP contribution is 2.32. The SMILES string of the molecule is CNC(C)c1ccc(OC2CCCC(OC)C2)c(Br)c1. The van der Waals surface area contributed by atoms with Gasteiger partial charge in [0, 0.05) is 19.6 Å². The van der Waals surface area contributed by atoms with E-state index in [0.717, 1.165) is 29.5 Å². The molecule has 1 aliphatic rings. The summed E-state index contributed by atoms with van der Waals surface area (Å²) < 4.78 is 12.6. The average molecular weight is 342 g/mol. The smallest absolute Gasteiger partial charge is 0.133 e. The van der Waals surface area contributed by atoms with Crippen molar-refractivity contribution in [3.63, 3.8) is 0 Å². The highest BCUT2D eigenvalue weighted by atomic mass is 79.9. The Labute approximate surface area is 130 Å². The molecule has 1 aliphatic carbocycles. The number of hydrogen-bond donors (Lipinski definition) is 1. The summed E-state index contributed by atoms with van der Waals surface area (Å²) in [5.41, 5.74) is 1.25. The van der Waals surface area contributed by atoms with Crippen molar-refractivity contribution >= 4 is 15.9 Å². The van der Waals surface area contributed by atoms with Gasteiger partial charge in [0.05, 0.1) is 10.6 Å². The van der Waals surface area contributed by atoms with Crippen molar-refractivity contribution in [3.8, 4) is 5.75 Å². The van der Waals surface area contributed by atoms with Crippen molar-refractivity contribution < 1.29 is 9.47 Å². The first-order chi connectivity index (χ1) is 9.63. The predicted octanol–water partition coefficient (Wildman–Crippen LogP) is 4.07. The van der Waals surface area contributed by atoms with Gasteiger partial charge in [-0.15, -0.1) is 0 Å². The van der Waals surface area contributed by atoms with Gasteiger partial charge in [-0.2, -0.15) is 0 Å². The minimum absolute atomic E-state index is 0.262. The van der Waals surface area contributed by atoms with Gasteiger partial charge < -0.3 is 14.8 Å². The third-order valence-electron chi connectivity index (χ3n) is 4.09. The summed E-state index contributed by atoms with van der Waals surface area (Å²) in [4.78, 5) is 0. The minimum Gasteiger partial charge on any atom is -0.489 e. The molecule has 1 N–H and O–H groups in total. The number of hydrogen-bond acceptors (Lipinski definition) is 3. The maximum atomic E-state index is 6.14. The van der Waals surface area contributed by atoms with Crippen LogP contribution in [0.3, 0.4) is 0 Å². The van der Waals surface area contributed by atoms with Crippen molar-refractivity contribution in [1.82, 2.24) is 5.32 Å². The number of halogens is 1. The van der Waals surface area contributed by atoms with E-state index in [1.165, 1.54) is 12.0 Å². The Morgan fingerprint density at radius 1 is 1.30 bits per heavy atom. The van der Waals surface area contributed by atoms with E-state index in [-0.39, 0.29) is 6.10 Å². The minimum atomic E-state index is 0.262. The van der Waals surface area contributed by atoms with Gasteiger partial charge in [-0.3, -0.25) is 0 Å². The molecule has 0 radical (unpaired) electrons. The zero-order valence-electron chi connectivity index (χ0n) is 12.5. The summed E-state index contributed by atoms with van der Waals surface area (Å²) in [6.45, 7) is 2.15. The molecule has 0 aliphatic heterocycles. The molecule has 1 saturated carbocycles. The van der Waals surface area contributed by atoms with Crippen LogP contribution in [0.25, 0.3) is 0 Å². The van der Waals surface area contributed by atoms with Gasteiger partial charge in [-0.1, -0.05) is 6.07 Å². The Kier molecular flexibility index (Phi) is 5.87. The van der Waals surface area contributed by atoms with E-state index < -0.39 is 0 Å². The Balaban J connectivity index is 2.02. The Bertz CT molecular complexity index is 438. The molecule has 3 nitrogen and oxygen atoms in total. The molecule has 1 aromatic carbocycles. The van der Waals surface area contributed by atoms with Crippen LogP contribution in [0, 0.1) is 0 Å². The lowest BCUT2D eigenvalue weighted by molar-refractivity contribution is 0.0207. The molecule has 3 unspecified atom stereocenters. The number of nitrogens with one attached hydrogen (secondary N) is 1. The lowest BCUT2D eigenvalue weighted by Crippen LogP contribution is -2.29. The maximum Gasteiger partial charge on any atom is 0.133 e. The topological polar surface area (TPSA) is 30.5 Å². The van der Waals surface area contributed by atoms with Gasteiger partial charge in [0.2, 0.25) is 0 Å². The summed E-state index contributed by atoms with van der Waals surface area (Å²) in [7, 11) is 3.76. The third kappa shape index (κ3) is 3.96. The molecule has 0 heterocycles. The second-order valence-electron chi connectivity index (χ2n) is 5.46. The average Bonchev–Trinajstić information content (AvgIpc) is 2.48. The van der Waals surface area contributed by atoms with Crippen LogP contribution in [0.5, 0.6) is 5.75 Å². The first kappa shape index (κ1) is 15.8. The van der Waals surface area contributed by atoms with E-state index in [9.17, 15) is 0 Å². The van der Waals surface area contributed by atoms with Gasteiger partial charge in [0.1, 0.15) is 11.9 Å². The van der Waals surface area contributed by atoms with E-state index in [1.54, 1.807) is 7.11 Å². The van der Waals surface area contributed by atoms with Crippen LogP contribution >= 0.6 is 15.9 Å². The summed E-state index contributed by atoms with van der Waals surface area (Å²) in [5.74, 6) is 0.929. The maximum absolute atomic E-state index is 6.14. The molecule has 112 valence electrons. The van der Waals surface area contributed by atoms with E-state index in [0.29, 0.717) is 12.1 Å². The highest BCUT2D eigenvalue weighted by molar-refractivity contribution is 9.10. The lowest BCUT2D eigenvalue weighted by Gasteiger charge is -2.29. The molecule has 2 rings (SSSR count). The molecule has 0 bridgehead atoms. The van der Waals surface area contributed by atoms with E-state index in [1.807, 2.05) is 7.05 Å². The van der Waals surface area contributed by atoms with Crippen LogP contribution in [0.1, 0.15) is 44.2 Å². The molecule has 1 aromatic rings. The van der Waals surface area contributed by atoms with Crippen molar-refractivity contribution in [2.24, 2.45) is 0 Å². The molecule has 20 heavy (non-hydrogen) atoms. The van der Waals surface area contributed by atoms with Crippen molar-refractivity contribution in [3.05, 3.63) is 28.2 Å². The van der Waals surface area contributed by atoms with E-state index in [4.69, 9.17) is 9.47 Å². The van der Waals surface area contributed by atoms with Crippen LogP contribution in [0.4, 0.5) is 0 Å². The molecule has 3 atom stereocenters. The normalized spacial score (nSPS) is 24.4. The largest absolute Gasteiger partial charge is 0.489 e. The van der Waals surface area contributed by atoms with E-state index >= 15 is 0 Å². The summed E-state index contributed by atoms with van der Waals surface area (Å²) >= 11 is 3.62. The fraction of sp³-hybridized carbons (Fsp3) is 0.625. The molecular formula is C16H24BrNO2. The number of rotatable bonds is 5. The molecule has 0 aromatic heterocycles. The number of benzene rings is 1. The molecular weight excluding hydrogens is 318 g/mol. The standard InChI is InChI=1S/C16H24BrNO2/c1-11(18-2)12-7-8-16(15(17)9-12)20-14-6-4-5-13(10-14)19-3/h7-9,11,13-14,18H,4-6,10H2,1-3H3. The van der Waals surface area contributed by atoms with Crippen LogP contribution < -0.4 is 10.1 Å². The Hall–Kier alpha value is -0.580. The highest BCUT2D eigenvalue weighted by Gasteiger charge is 2.23. The van der Waals surface area contributed by atoms with Gasteiger partial charge in [-0.25, -0.2) is 0 Å². The van der Waals surface area contributed by atoms with Crippen LogP contribution in [0.2, 0.25) is 0 Å². The second-order valence-corrected chi connectivity index (χ2v) is 6.32. The molecule has 0 amide bonds. The predicted molar refractivity (Wildman–Crippen MR) is 85.3 cm³/mol. The third-order valence-corrected chi connectivity index (χ3v) is 4.71. The quantitative estimate of drug-likeness (QED) is 0.875. The number of ether oxygens (including phenoxy) is 2. The van der Waals surface area contributed by atoms with Gasteiger partial charge in [-0.05, 0) is 66.9 Å². The second kappa shape index (κ2) is 7.43. The number of methoxy groups -OCH3 is 1. The first-order valence-corrected chi connectivity index (χ1v) is 8.09. The van der Waals surface area contributed by atoms with Gasteiger partial charge in [0.15, 0.2) is 0 Å². The monoisotopic (exact) mass is 341 g/mol. The summed E-state index contributed by atoms with van der Waals surface area (Å²) in [6, 6.07) is 6.65. The fourth-order valence-electron chi connectivity index (χ4n) is 2.65. The zero-order valence-corrected chi connectivity index (χ0v) is 14.1. The van der Waals surface area contributed by atoms with Crippen LogP contribution in [-0.2, 0) is 4.74 Å². The van der Waals surface area contributed by atoms with Gasteiger partial charge in [0.25, 0.3) is 0 Å². The summed E-state index contributed by atoms with van der Waals surface area (Å²) in [6.07, 6.45) is 5.03. The Morgan fingerprint density at radius 3 is 2.70 bits per heavy atom. The Morgan fingerprint density at radius 2 is 2.05 bits per heavy atom. The molecule has 0 spiro atoms. The summed E-state index contributed by atoms with van der Waals surface area (Å²) in [5, 5.41) is 3.24. The van der Waals surface area contributed by atoms with Gasteiger partial charge >= 0.3 is 0 Å². The first-order valence-electron chi connectivity index (χ1n) is 7.30.